The number of hydrogen-bond donors (Lipinski definition) is 0. The van der Waals surface area contributed by atoms with Crippen LogP contribution in [-0.4, -0.2) is 35.9 Å². The summed E-state index contributed by atoms with van der Waals surface area (Å²) in [7, 11) is 0. The maximum absolute atomic E-state index is 12.8. The van der Waals surface area contributed by atoms with Gasteiger partial charge < -0.3 is 19.1 Å². The van der Waals surface area contributed by atoms with Crippen LogP contribution >= 0.6 is 34.4 Å². The number of carbonyl (C=O) groups excluding carboxylic acids is 1. The average molecular weight is 526 g/mol. The van der Waals surface area contributed by atoms with Crippen molar-refractivity contribution >= 4 is 45.5 Å². The molecule has 0 unspecified atom stereocenters. The lowest BCUT2D eigenvalue weighted by Crippen LogP contribution is -2.34. The lowest BCUT2D eigenvalue weighted by Gasteiger charge is -2.33. The van der Waals surface area contributed by atoms with Crippen LogP contribution in [0.3, 0.4) is 0 Å². The smallest absolute Gasteiger partial charge is 0.338 e. The van der Waals surface area contributed by atoms with E-state index in [4.69, 9.17) is 14.2 Å². The lowest BCUT2D eigenvalue weighted by molar-refractivity contribution is -0.139. The summed E-state index contributed by atoms with van der Waals surface area (Å²) in [4.78, 5) is 19.4. The third-order valence-electron chi connectivity index (χ3n) is 4.31. The Balaban J connectivity index is 2.12. The normalized spacial score (nSPS) is 17.7. The third-order valence-corrected chi connectivity index (χ3v) is 5.88. The molecule has 3 rings (SSSR count). The Morgan fingerprint density at radius 3 is 2.83 bits per heavy atom. The van der Waals surface area contributed by atoms with Gasteiger partial charge in [-0.2, -0.15) is 0 Å². The van der Waals surface area contributed by atoms with Gasteiger partial charge in [-0.05, 0) is 66.5 Å². The summed E-state index contributed by atoms with van der Waals surface area (Å²) in [6.07, 6.45) is 3.63. The highest BCUT2D eigenvalue weighted by atomic mass is 127. The molecule has 0 spiro atoms. The molecule has 1 atom stereocenters. The number of nitrogens with zero attached hydrogens (tertiary/aromatic N) is 2. The second kappa shape index (κ2) is 9.71. The fourth-order valence-electron chi connectivity index (χ4n) is 3.19. The molecule has 0 amide bonds. The van der Waals surface area contributed by atoms with E-state index < -0.39 is 0 Å². The van der Waals surface area contributed by atoms with Crippen molar-refractivity contribution < 1.29 is 19.0 Å². The number of hydrogen-bond acceptors (Lipinski definition) is 7. The fourth-order valence-corrected chi connectivity index (χ4v) is 4.76. The molecule has 0 saturated carbocycles. The molecule has 8 heteroatoms. The van der Waals surface area contributed by atoms with Gasteiger partial charge in [0.1, 0.15) is 6.61 Å². The standard InChI is InChI=1S/C21H23IN2O4S/c1-5-9-28-19-15(22)11-14(12-16(19)26-6-2)18-17(20(25)27-7-3)13(4)23-21-24(18)8-10-29-21/h5,8,10-12,18H,1,6-7,9H2,2-4H3/t18-/m1/s1. The summed E-state index contributed by atoms with van der Waals surface area (Å²) in [6.45, 7) is 10.5. The third kappa shape index (κ3) is 4.48. The molecular formula is C21H23IN2O4S. The van der Waals surface area contributed by atoms with Crippen LogP contribution < -0.4 is 9.47 Å². The number of carbonyl (C=O) groups is 1. The molecular weight excluding hydrogens is 503 g/mol. The molecule has 154 valence electrons. The highest BCUT2D eigenvalue weighted by Crippen LogP contribution is 2.44. The van der Waals surface area contributed by atoms with Crippen LogP contribution in [0, 0.1) is 3.57 Å². The van der Waals surface area contributed by atoms with E-state index in [9.17, 15) is 4.79 Å². The molecule has 1 aromatic carbocycles. The van der Waals surface area contributed by atoms with Crippen molar-refractivity contribution in [3.63, 3.8) is 0 Å². The van der Waals surface area contributed by atoms with Crippen LogP contribution in [0.4, 0.5) is 0 Å². The Morgan fingerprint density at radius 2 is 2.14 bits per heavy atom. The molecule has 0 N–H and O–H groups in total. The second-order valence-electron chi connectivity index (χ2n) is 6.19. The molecule has 0 radical (unpaired) electrons. The number of allylic oxidation sites excluding steroid dienone is 1. The number of amidine groups is 1. The minimum Gasteiger partial charge on any atom is -0.490 e. The largest absolute Gasteiger partial charge is 0.490 e. The number of esters is 1. The average Bonchev–Trinajstić information content (AvgIpc) is 3.14. The number of fused-ring (bicyclic) bond motifs is 1. The van der Waals surface area contributed by atoms with Crippen molar-refractivity contribution in [3.8, 4) is 11.5 Å². The van der Waals surface area contributed by atoms with Gasteiger partial charge in [0.05, 0.1) is 34.1 Å². The van der Waals surface area contributed by atoms with E-state index in [-0.39, 0.29) is 12.0 Å². The van der Waals surface area contributed by atoms with E-state index in [1.807, 2.05) is 42.5 Å². The van der Waals surface area contributed by atoms with Crippen LogP contribution in [0.2, 0.25) is 0 Å². The summed E-state index contributed by atoms with van der Waals surface area (Å²) in [5.41, 5.74) is 2.10. The number of ether oxygens (including phenoxy) is 3. The van der Waals surface area contributed by atoms with Crippen molar-refractivity contribution in [2.45, 2.75) is 26.8 Å². The van der Waals surface area contributed by atoms with Crippen LogP contribution in [0.1, 0.15) is 32.4 Å². The minimum atomic E-state index is -0.358. The van der Waals surface area contributed by atoms with Crippen LogP contribution in [0.15, 0.2) is 52.7 Å². The molecule has 0 aliphatic carbocycles. The van der Waals surface area contributed by atoms with E-state index in [1.54, 1.807) is 13.0 Å². The van der Waals surface area contributed by atoms with Gasteiger partial charge in [0.2, 0.25) is 0 Å². The molecule has 0 fully saturated rings. The predicted octanol–water partition coefficient (Wildman–Crippen LogP) is 5.02. The first-order chi connectivity index (χ1) is 14.0. The summed E-state index contributed by atoms with van der Waals surface area (Å²) in [5.74, 6) is 0.950. The Kier molecular flexibility index (Phi) is 7.28. The number of rotatable bonds is 8. The summed E-state index contributed by atoms with van der Waals surface area (Å²) in [5, 5.41) is 2.80. The highest BCUT2D eigenvalue weighted by molar-refractivity contribution is 14.1. The van der Waals surface area contributed by atoms with E-state index in [1.165, 1.54) is 11.8 Å². The quantitative estimate of drug-likeness (QED) is 0.269. The topological polar surface area (TPSA) is 60.4 Å². The molecule has 6 nitrogen and oxygen atoms in total. The molecule has 0 aromatic heterocycles. The van der Waals surface area contributed by atoms with E-state index in [2.05, 4.69) is 34.2 Å². The van der Waals surface area contributed by atoms with Crippen LogP contribution in [0.5, 0.6) is 11.5 Å². The van der Waals surface area contributed by atoms with Gasteiger partial charge in [0.15, 0.2) is 16.7 Å². The first kappa shape index (κ1) is 21.8. The van der Waals surface area contributed by atoms with Gasteiger partial charge in [-0.3, -0.25) is 0 Å². The monoisotopic (exact) mass is 526 g/mol. The zero-order valence-corrected chi connectivity index (χ0v) is 19.6. The second-order valence-corrected chi connectivity index (χ2v) is 8.22. The highest BCUT2D eigenvalue weighted by Gasteiger charge is 2.38. The predicted molar refractivity (Wildman–Crippen MR) is 124 cm³/mol. The number of aliphatic imine (C=N–C) groups is 1. The van der Waals surface area contributed by atoms with E-state index >= 15 is 0 Å². The molecule has 0 bridgehead atoms. The van der Waals surface area contributed by atoms with Gasteiger partial charge in [0.25, 0.3) is 0 Å². The Bertz CT molecular complexity index is 910. The van der Waals surface area contributed by atoms with Crippen LogP contribution in [-0.2, 0) is 9.53 Å². The van der Waals surface area contributed by atoms with Gasteiger partial charge in [0, 0.05) is 6.20 Å². The lowest BCUT2D eigenvalue weighted by atomic mass is 9.94. The van der Waals surface area contributed by atoms with Crippen molar-refractivity contribution in [2.75, 3.05) is 19.8 Å². The Hall–Kier alpha value is -1.94. The van der Waals surface area contributed by atoms with Crippen molar-refractivity contribution in [3.05, 3.63) is 56.8 Å². The minimum absolute atomic E-state index is 0.305. The first-order valence-electron chi connectivity index (χ1n) is 9.29. The zero-order valence-electron chi connectivity index (χ0n) is 16.6. The molecule has 2 aliphatic rings. The van der Waals surface area contributed by atoms with Gasteiger partial charge in [-0.25, -0.2) is 9.79 Å². The molecule has 1 aromatic rings. The Morgan fingerprint density at radius 1 is 1.34 bits per heavy atom. The maximum Gasteiger partial charge on any atom is 0.338 e. The van der Waals surface area contributed by atoms with Crippen molar-refractivity contribution in [1.29, 1.82) is 0 Å². The number of benzene rings is 1. The first-order valence-corrected chi connectivity index (χ1v) is 11.3. The Labute approximate surface area is 188 Å². The summed E-state index contributed by atoms with van der Waals surface area (Å²) in [6, 6.07) is 3.59. The summed E-state index contributed by atoms with van der Waals surface area (Å²) < 4.78 is 17.9. The summed E-state index contributed by atoms with van der Waals surface area (Å²) >= 11 is 3.76. The number of thioether (sulfide) groups is 1. The van der Waals surface area contributed by atoms with E-state index in [0.717, 1.165) is 14.3 Å². The molecule has 2 heterocycles. The molecule has 0 saturated heterocycles. The molecule has 29 heavy (non-hydrogen) atoms. The van der Waals surface area contributed by atoms with Gasteiger partial charge in [-0.15, -0.1) is 0 Å². The van der Waals surface area contributed by atoms with Crippen LogP contribution in [0.25, 0.3) is 0 Å². The van der Waals surface area contributed by atoms with E-state index in [0.29, 0.717) is 42.6 Å². The zero-order chi connectivity index (χ0) is 21.0. The van der Waals surface area contributed by atoms with Gasteiger partial charge >= 0.3 is 5.97 Å². The maximum atomic E-state index is 12.8. The fraction of sp³-hybridized carbons (Fsp3) is 0.333. The van der Waals surface area contributed by atoms with Gasteiger partial charge in [-0.1, -0.05) is 24.4 Å². The van der Waals surface area contributed by atoms with Crippen molar-refractivity contribution in [1.82, 2.24) is 4.90 Å². The van der Waals surface area contributed by atoms with Crippen molar-refractivity contribution in [2.24, 2.45) is 4.99 Å². The molecule has 2 aliphatic heterocycles. The number of halogens is 1. The SMILES string of the molecule is C=CCOc1c(I)cc([C@@H]2C(C(=O)OCC)=C(C)N=C3SC=CN32)cc1OCC.